The average molecular weight is 199 g/mol. The van der Waals surface area contributed by atoms with Gasteiger partial charge in [0.15, 0.2) is 0 Å². The van der Waals surface area contributed by atoms with Crippen molar-refractivity contribution in [1.82, 2.24) is 0 Å². The first kappa shape index (κ1) is 11.0. The van der Waals surface area contributed by atoms with Gasteiger partial charge in [0.2, 0.25) is 0 Å². The fourth-order valence-electron chi connectivity index (χ4n) is 0.419. The molecule has 0 heterocycles. The van der Waals surface area contributed by atoms with Gasteiger partial charge in [0, 0.05) is 6.42 Å². The van der Waals surface area contributed by atoms with Crippen molar-refractivity contribution in [3.05, 3.63) is 0 Å². The molecule has 0 aliphatic carbocycles. The molecular weight excluding hydrogens is 189 g/mol. The Morgan fingerprint density at radius 3 is 2.64 bits per heavy atom. The summed E-state index contributed by atoms with van der Waals surface area (Å²) in [7, 11) is 0. The molecule has 0 aliphatic rings. The van der Waals surface area contributed by atoms with Gasteiger partial charge in [0.05, 0.1) is 6.61 Å². The molecule has 5 nitrogen and oxygen atoms in total. The van der Waals surface area contributed by atoms with Crippen LogP contribution in [0.3, 0.4) is 0 Å². The van der Waals surface area contributed by atoms with Gasteiger partial charge in [-0.05, 0) is 18.2 Å². The Labute approximate surface area is 69.4 Å². The highest BCUT2D eigenvalue weighted by Gasteiger charge is 2.05. The summed E-state index contributed by atoms with van der Waals surface area (Å²) in [5.41, 5.74) is 4.96. The van der Waals surface area contributed by atoms with Crippen LogP contribution in [0.4, 0.5) is 0 Å². The third-order valence-electron chi connectivity index (χ3n) is 0.811. The second kappa shape index (κ2) is 4.79. The first-order valence-corrected chi connectivity index (χ1v) is 5.64. The molecule has 1 unspecified atom stereocenters. The number of nitrogens with two attached hydrogens (primary N) is 1. The molecular formula is C4H10NO4PS. The molecule has 0 amide bonds. The highest BCUT2D eigenvalue weighted by molar-refractivity contribution is 8.08. The van der Waals surface area contributed by atoms with Crippen LogP contribution in [-0.2, 0) is 21.1 Å². The van der Waals surface area contributed by atoms with E-state index in [2.05, 4.69) is 16.3 Å². The summed E-state index contributed by atoms with van der Waals surface area (Å²) in [4.78, 5) is 18.7. The quantitative estimate of drug-likeness (QED) is 0.427. The SMILES string of the molecule is NP(O)(=S)OCCCC(=O)O. The maximum atomic E-state index is 9.96. The minimum absolute atomic E-state index is 0.00463. The summed E-state index contributed by atoms with van der Waals surface area (Å²) in [5, 5.41) is 8.18. The molecule has 0 aromatic rings. The van der Waals surface area contributed by atoms with E-state index in [1.807, 2.05) is 0 Å². The van der Waals surface area contributed by atoms with E-state index in [1.54, 1.807) is 0 Å². The van der Waals surface area contributed by atoms with Gasteiger partial charge in [0.1, 0.15) is 0 Å². The molecule has 0 rings (SSSR count). The molecule has 0 aliphatic heterocycles. The van der Waals surface area contributed by atoms with Crippen molar-refractivity contribution in [2.24, 2.45) is 5.50 Å². The molecule has 0 saturated carbocycles. The lowest BCUT2D eigenvalue weighted by molar-refractivity contribution is -0.137. The molecule has 0 spiro atoms. The Kier molecular flexibility index (Phi) is 4.79. The Balaban J connectivity index is 3.29. The zero-order valence-corrected chi connectivity index (χ0v) is 7.48. The van der Waals surface area contributed by atoms with Gasteiger partial charge in [-0.3, -0.25) is 10.3 Å². The molecule has 0 aromatic carbocycles. The predicted octanol–water partition coefficient (Wildman–Crippen LogP) is 0.0433. The van der Waals surface area contributed by atoms with Crippen LogP contribution in [-0.4, -0.2) is 22.6 Å². The van der Waals surface area contributed by atoms with Crippen LogP contribution in [0.25, 0.3) is 0 Å². The van der Waals surface area contributed by atoms with Crippen molar-refractivity contribution < 1.29 is 19.3 Å². The predicted molar refractivity (Wildman–Crippen MR) is 43.5 cm³/mol. The van der Waals surface area contributed by atoms with E-state index in [4.69, 9.17) is 15.5 Å². The van der Waals surface area contributed by atoms with E-state index in [0.717, 1.165) is 0 Å². The van der Waals surface area contributed by atoms with E-state index in [9.17, 15) is 4.79 Å². The van der Waals surface area contributed by atoms with Crippen molar-refractivity contribution in [3.63, 3.8) is 0 Å². The van der Waals surface area contributed by atoms with E-state index < -0.39 is 12.6 Å². The van der Waals surface area contributed by atoms with Crippen LogP contribution in [0.15, 0.2) is 0 Å². The van der Waals surface area contributed by atoms with Gasteiger partial charge in [-0.25, -0.2) is 0 Å². The van der Waals surface area contributed by atoms with Crippen molar-refractivity contribution in [3.8, 4) is 0 Å². The number of carboxylic acid groups (broad SMARTS) is 1. The van der Waals surface area contributed by atoms with Gasteiger partial charge >= 0.3 is 5.97 Å². The third kappa shape index (κ3) is 10.0. The first-order chi connectivity index (χ1) is 4.92. The summed E-state index contributed by atoms with van der Waals surface area (Å²) < 4.78 is 4.58. The number of hydrogen-bond acceptors (Lipinski definition) is 3. The molecule has 7 heteroatoms. The zero-order chi connectivity index (χ0) is 8.91. The molecule has 0 saturated heterocycles. The van der Waals surface area contributed by atoms with Gasteiger partial charge in [0.25, 0.3) is 6.64 Å². The van der Waals surface area contributed by atoms with Crippen molar-refractivity contribution in [2.75, 3.05) is 6.61 Å². The summed E-state index contributed by atoms with van der Waals surface area (Å²) in [6, 6.07) is 0. The van der Waals surface area contributed by atoms with Gasteiger partial charge in [-0.1, -0.05) is 0 Å². The van der Waals surface area contributed by atoms with Gasteiger partial charge < -0.3 is 14.5 Å². The summed E-state index contributed by atoms with van der Waals surface area (Å²) >= 11 is 4.34. The standard InChI is InChI=1S/C4H10NO4PS/c5-10(8,11)9-3-1-2-4(6)7/h1-3H2,(H,6,7)(H3,5,8,11). The molecule has 0 aromatic heterocycles. The summed E-state index contributed by atoms with van der Waals surface area (Å²) in [6.07, 6.45) is 0.306. The Morgan fingerprint density at radius 1 is 1.73 bits per heavy atom. The van der Waals surface area contributed by atoms with Crippen molar-refractivity contribution in [1.29, 1.82) is 0 Å². The topological polar surface area (TPSA) is 92.8 Å². The summed E-state index contributed by atoms with van der Waals surface area (Å²) in [5.74, 6) is -0.906. The Bertz CT molecular complexity index is 179. The second-order valence-corrected chi connectivity index (χ2v) is 4.85. The van der Waals surface area contributed by atoms with Crippen molar-refractivity contribution >= 4 is 24.4 Å². The van der Waals surface area contributed by atoms with Crippen molar-refractivity contribution in [2.45, 2.75) is 12.8 Å². The monoisotopic (exact) mass is 199 g/mol. The third-order valence-corrected chi connectivity index (χ3v) is 1.68. The van der Waals surface area contributed by atoms with Crippen LogP contribution in [0.1, 0.15) is 12.8 Å². The maximum absolute atomic E-state index is 9.96. The Hall–Kier alpha value is 0. The Morgan fingerprint density at radius 2 is 2.27 bits per heavy atom. The zero-order valence-electron chi connectivity index (χ0n) is 5.77. The average Bonchev–Trinajstić information content (AvgIpc) is 1.78. The van der Waals surface area contributed by atoms with E-state index in [0.29, 0.717) is 6.42 Å². The lowest BCUT2D eigenvalue weighted by Crippen LogP contribution is -2.02. The number of rotatable bonds is 5. The molecule has 0 fully saturated rings. The largest absolute Gasteiger partial charge is 0.481 e. The molecule has 0 radical (unpaired) electrons. The number of carbonyl (C=O) groups is 1. The minimum Gasteiger partial charge on any atom is -0.481 e. The molecule has 66 valence electrons. The number of carboxylic acids is 1. The van der Waals surface area contributed by atoms with Gasteiger partial charge in [-0.15, -0.1) is 0 Å². The van der Waals surface area contributed by atoms with Crippen LogP contribution < -0.4 is 5.50 Å². The smallest absolute Gasteiger partial charge is 0.303 e. The number of hydrogen-bond donors (Lipinski definition) is 3. The van der Waals surface area contributed by atoms with Crippen LogP contribution in [0, 0.1) is 0 Å². The summed E-state index contributed by atoms with van der Waals surface area (Å²) in [6.45, 7) is -2.99. The fourth-order valence-corrected chi connectivity index (χ4v) is 1.03. The van der Waals surface area contributed by atoms with E-state index in [1.165, 1.54) is 0 Å². The molecule has 0 bridgehead atoms. The second-order valence-electron chi connectivity index (χ2n) is 1.89. The molecule has 4 N–H and O–H groups in total. The van der Waals surface area contributed by atoms with Crippen LogP contribution >= 0.6 is 6.64 Å². The first-order valence-electron chi connectivity index (χ1n) is 2.89. The fraction of sp³-hybridized carbons (Fsp3) is 0.750. The van der Waals surface area contributed by atoms with E-state index in [-0.39, 0.29) is 13.0 Å². The molecule has 1 atom stereocenters. The minimum atomic E-state index is -3.09. The number of aliphatic carboxylic acids is 1. The lowest BCUT2D eigenvalue weighted by Gasteiger charge is -2.07. The maximum Gasteiger partial charge on any atom is 0.303 e. The van der Waals surface area contributed by atoms with E-state index >= 15 is 0 Å². The normalized spacial score (nSPS) is 15.8. The van der Waals surface area contributed by atoms with Crippen LogP contribution in [0.5, 0.6) is 0 Å². The highest BCUT2D eigenvalue weighted by Crippen LogP contribution is 2.31. The van der Waals surface area contributed by atoms with Crippen LogP contribution in [0.2, 0.25) is 0 Å². The molecule has 11 heavy (non-hydrogen) atoms. The lowest BCUT2D eigenvalue weighted by atomic mass is 10.3. The highest BCUT2D eigenvalue weighted by atomic mass is 32.5. The van der Waals surface area contributed by atoms with Gasteiger partial charge in [-0.2, -0.15) is 0 Å².